The van der Waals surface area contributed by atoms with Crippen LogP contribution in [0.5, 0.6) is 0 Å². The van der Waals surface area contributed by atoms with Crippen molar-refractivity contribution in [1.82, 2.24) is 20.8 Å². The van der Waals surface area contributed by atoms with Crippen LogP contribution in [0.2, 0.25) is 0 Å². The first-order valence-electron chi connectivity index (χ1n) is 6.82. The Labute approximate surface area is 134 Å². The Morgan fingerprint density at radius 1 is 1.36 bits per heavy atom. The topological polar surface area (TPSA) is 113 Å². The lowest BCUT2D eigenvalue weighted by molar-refractivity contribution is -0.121. The number of benzene rings is 1. The molecule has 0 spiro atoms. The maximum absolute atomic E-state index is 12.0. The van der Waals surface area contributed by atoms with Crippen molar-refractivity contribution >= 4 is 35.1 Å². The molecule has 0 bridgehead atoms. The van der Waals surface area contributed by atoms with E-state index in [1.54, 1.807) is 0 Å². The molecule has 0 aliphatic heterocycles. The maximum atomic E-state index is 12.0. The highest BCUT2D eigenvalue weighted by Crippen LogP contribution is 2.14. The minimum Gasteiger partial charge on any atom is -0.352 e. The third-order valence-electron chi connectivity index (χ3n) is 3.08. The van der Waals surface area contributed by atoms with Gasteiger partial charge in [0.2, 0.25) is 5.91 Å². The van der Waals surface area contributed by atoms with E-state index < -0.39 is 0 Å². The molecule has 0 aliphatic carbocycles. The summed E-state index contributed by atoms with van der Waals surface area (Å²) in [6.45, 7) is 2.47. The van der Waals surface area contributed by atoms with Gasteiger partial charge in [0.05, 0.1) is 5.52 Å². The molecule has 0 saturated carbocycles. The van der Waals surface area contributed by atoms with Crippen LogP contribution >= 0.6 is 12.4 Å². The third kappa shape index (κ3) is 4.44. The fourth-order valence-electron chi connectivity index (χ4n) is 1.92. The van der Waals surface area contributed by atoms with Crippen molar-refractivity contribution < 1.29 is 9.59 Å². The highest BCUT2D eigenvalue weighted by molar-refractivity contribution is 6.04. The van der Waals surface area contributed by atoms with Crippen molar-refractivity contribution in [2.75, 3.05) is 13.1 Å². The quantitative estimate of drug-likeness (QED) is 0.621. The zero-order valence-corrected chi connectivity index (χ0v) is 13.1. The van der Waals surface area contributed by atoms with Crippen molar-refractivity contribution in [1.29, 1.82) is 0 Å². The number of amides is 2. The summed E-state index contributed by atoms with van der Waals surface area (Å²) in [6.07, 6.45) is 0.207. The van der Waals surface area contributed by atoms with Gasteiger partial charge in [-0.05, 0) is 13.0 Å². The Morgan fingerprint density at radius 2 is 2.09 bits per heavy atom. The molecule has 8 heteroatoms. The highest BCUT2D eigenvalue weighted by atomic mass is 35.5. The number of carbonyl (C=O) groups is 2. The minimum atomic E-state index is -0.299. The summed E-state index contributed by atoms with van der Waals surface area (Å²) in [5.74, 6) is -0.438. The molecule has 0 unspecified atom stereocenters. The number of hydrogen-bond donors (Lipinski definition) is 4. The van der Waals surface area contributed by atoms with Crippen molar-refractivity contribution in [3.8, 4) is 0 Å². The van der Waals surface area contributed by atoms with Crippen LogP contribution in [-0.4, -0.2) is 41.1 Å². The molecule has 1 atom stereocenters. The van der Waals surface area contributed by atoms with Gasteiger partial charge in [-0.3, -0.25) is 14.7 Å². The van der Waals surface area contributed by atoms with Crippen molar-refractivity contribution in [3.05, 3.63) is 30.0 Å². The number of H-pyrrole nitrogens is 1. The lowest BCUT2D eigenvalue weighted by Gasteiger charge is -2.11. The normalized spacial score (nSPS) is 11.5. The number of nitrogens with one attached hydrogen (secondary N) is 3. The molecule has 0 saturated heterocycles. The Morgan fingerprint density at radius 3 is 2.82 bits per heavy atom. The second-order valence-electron chi connectivity index (χ2n) is 4.83. The van der Waals surface area contributed by atoms with Gasteiger partial charge in [-0.2, -0.15) is 5.10 Å². The molecule has 1 aromatic carbocycles. The summed E-state index contributed by atoms with van der Waals surface area (Å²) in [4.78, 5) is 23.6. The van der Waals surface area contributed by atoms with Crippen LogP contribution in [-0.2, 0) is 4.79 Å². The van der Waals surface area contributed by atoms with E-state index in [1.807, 2.05) is 31.2 Å². The Bertz CT molecular complexity index is 643. The van der Waals surface area contributed by atoms with Crippen LogP contribution in [0, 0.1) is 0 Å². The van der Waals surface area contributed by atoms with Gasteiger partial charge in [-0.15, -0.1) is 12.4 Å². The first-order valence-corrected chi connectivity index (χ1v) is 6.82. The molecular formula is C14H20ClN5O2. The number of fused-ring (bicyclic) bond motifs is 1. The fraction of sp³-hybridized carbons (Fsp3) is 0.357. The smallest absolute Gasteiger partial charge is 0.272 e. The molecule has 1 heterocycles. The number of aromatic nitrogens is 2. The van der Waals surface area contributed by atoms with E-state index >= 15 is 0 Å². The van der Waals surface area contributed by atoms with Gasteiger partial charge in [0.1, 0.15) is 0 Å². The lowest BCUT2D eigenvalue weighted by Crippen LogP contribution is -2.39. The number of carbonyl (C=O) groups excluding carboxylic acids is 2. The zero-order chi connectivity index (χ0) is 15.2. The Hall–Kier alpha value is -2.12. The summed E-state index contributed by atoms with van der Waals surface area (Å²) in [5.41, 5.74) is 6.56. The lowest BCUT2D eigenvalue weighted by atomic mass is 10.2. The standard InChI is InChI=1S/C14H19N5O2.ClH/c1-9(8-15)17-12(20)6-7-16-14(21)13-10-4-2-3-5-11(10)18-19-13;/h2-5,9H,6-8,15H2,1H3,(H,16,21)(H,17,20)(H,18,19);1H/t9-;/m0./s1. The van der Waals surface area contributed by atoms with E-state index in [9.17, 15) is 9.59 Å². The van der Waals surface area contributed by atoms with E-state index in [2.05, 4.69) is 20.8 Å². The van der Waals surface area contributed by atoms with E-state index in [4.69, 9.17) is 5.73 Å². The van der Waals surface area contributed by atoms with Gasteiger partial charge < -0.3 is 16.4 Å². The summed E-state index contributed by atoms with van der Waals surface area (Å²) >= 11 is 0. The van der Waals surface area contributed by atoms with Crippen molar-refractivity contribution in [3.63, 3.8) is 0 Å². The van der Waals surface area contributed by atoms with Gasteiger partial charge in [0, 0.05) is 30.9 Å². The van der Waals surface area contributed by atoms with E-state index in [0.29, 0.717) is 12.2 Å². The first kappa shape index (κ1) is 17.9. The Kier molecular flexibility index (Phi) is 6.81. The number of aromatic amines is 1. The van der Waals surface area contributed by atoms with Crippen molar-refractivity contribution in [2.45, 2.75) is 19.4 Å². The molecule has 22 heavy (non-hydrogen) atoms. The zero-order valence-electron chi connectivity index (χ0n) is 12.3. The summed E-state index contributed by atoms with van der Waals surface area (Å²) in [6, 6.07) is 7.31. The van der Waals surface area contributed by atoms with E-state index in [-0.39, 0.29) is 43.2 Å². The number of nitrogens with two attached hydrogens (primary N) is 1. The molecule has 2 amide bonds. The molecular weight excluding hydrogens is 306 g/mol. The minimum absolute atomic E-state index is 0. The predicted molar refractivity (Wildman–Crippen MR) is 87.0 cm³/mol. The van der Waals surface area contributed by atoms with Gasteiger partial charge in [-0.25, -0.2) is 0 Å². The molecule has 5 N–H and O–H groups in total. The maximum Gasteiger partial charge on any atom is 0.272 e. The van der Waals surface area contributed by atoms with Crippen LogP contribution in [0.15, 0.2) is 24.3 Å². The third-order valence-corrected chi connectivity index (χ3v) is 3.08. The predicted octanol–water partition coefficient (Wildman–Crippen LogP) is 0.568. The molecule has 0 fully saturated rings. The van der Waals surface area contributed by atoms with Crippen molar-refractivity contribution in [2.24, 2.45) is 5.73 Å². The fourth-order valence-corrected chi connectivity index (χ4v) is 1.92. The second-order valence-corrected chi connectivity index (χ2v) is 4.83. The van der Waals surface area contributed by atoms with E-state index in [0.717, 1.165) is 10.9 Å². The average molecular weight is 326 g/mol. The van der Waals surface area contributed by atoms with Gasteiger partial charge in [0.15, 0.2) is 5.69 Å². The Balaban J connectivity index is 0.00000242. The van der Waals surface area contributed by atoms with Gasteiger partial charge >= 0.3 is 0 Å². The molecule has 2 rings (SSSR count). The molecule has 0 aliphatic rings. The van der Waals surface area contributed by atoms with Crippen LogP contribution in [0.25, 0.3) is 10.9 Å². The van der Waals surface area contributed by atoms with Crippen LogP contribution in [0.1, 0.15) is 23.8 Å². The molecule has 120 valence electrons. The van der Waals surface area contributed by atoms with Gasteiger partial charge in [-0.1, -0.05) is 18.2 Å². The summed E-state index contributed by atoms with van der Waals surface area (Å²) in [5, 5.41) is 13.0. The number of nitrogens with zero attached hydrogens (tertiary/aromatic N) is 1. The molecule has 0 radical (unpaired) electrons. The summed E-state index contributed by atoms with van der Waals surface area (Å²) < 4.78 is 0. The number of para-hydroxylation sites is 1. The molecule has 1 aromatic heterocycles. The largest absolute Gasteiger partial charge is 0.352 e. The SMILES string of the molecule is C[C@@H](CN)NC(=O)CCNC(=O)c1n[nH]c2ccccc12.Cl. The van der Waals surface area contributed by atoms with E-state index in [1.165, 1.54) is 0 Å². The molecule has 7 nitrogen and oxygen atoms in total. The van der Waals surface area contributed by atoms with Crippen LogP contribution in [0.3, 0.4) is 0 Å². The first-order chi connectivity index (χ1) is 10.1. The van der Waals surface area contributed by atoms with Crippen LogP contribution < -0.4 is 16.4 Å². The number of halogens is 1. The summed E-state index contributed by atoms with van der Waals surface area (Å²) in [7, 11) is 0. The van der Waals surface area contributed by atoms with Crippen LogP contribution in [0.4, 0.5) is 0 Å². The monoisotopic (exact) mass is 325 g/mol. The highest BCUT2D eigenvalue weighted by Gasteiger charge is 2.13. The molecule has 2 aromatic rings. The second kappa shape index (κ2) is 8.35. The number of rotatable bonds is 6. The average Bonchev–Trinajstić information content (AvgIpc) is 2.91. The van der Waals surface area contributed by atoms with Gasteiger partial charge in [0.25, 0.3) is 5.91 Å². The number of hydrogen-bond acceptors (Lipinski definition) is 4.